The Kier molecular flexibility index (Phi) is 33.4. The molecular weight excluding hydrogens is 1130 g/mol. The summed E-state index contributed by atoms with van der Waals surface area (Å²) < 4.78 is 25.6. The fraction of sp³-hybridized carbons (Fsp3) is 0.541. The Morgan fingerprint density at radius 3 is 0.862 bits per heavy atom. The molecule has 0 amide bonds. The number of rotatable bonds is 48. The Bertz CT molecular complexity index is 2790. The third-order valence-corrected chi connectivity index (χ3v) is 18.8. The molecule has 4 aromatic carbocycles. The Morgan fingerprint density at radius 1 is 0.287 bits per heavy atom. The minimum absolute atomic E-state index is 0.681. The van der Waals surface area contributed by atoms with Gasteiger partial charge in [-0.2, -0.15) is 0 Å². The summed E-state index contributed by atoms with van der Waals surface area (Å²) in [6.45, 7) is 11.9. The monoisotopic (exact) mass is 1230 g/mol. The van der Waals surface area contributed by atoms with Gasteiger partial charge in [0.05, 0.1) is 37.8 Å². The van der Waals surface area contributed by atoms with Crippen LogP contribution in [-0.4, -0.2) is 59.3 Å². The fourth-order valence-electron chi connectivity index (χ4n) is 10.5. The molecular formula is C74H102N6O4S3. The first-order valence-corrected chi connectivity index (χ1v) is 36.3. The second-order valence-corrected chi connectivity index (χ2v) is 26.4. The fourth-order valence-corrected chi connectivity index (χ4v) is 12.9. The average Bonchev–Trinajstić information content (AvgIpc) is 3.58. The molecule has 7 rings (SSSR count). The van der Waals surface area contributed by atoms with E-state index in [2.05, 4.69) is 109 Å². The van der Waals surface area contributed by atoms with Crippen molar-refractivity contribution in [3.8, 4) is 65.3 Å². The summed E-state index contributed by atoms with van der Waals surface area (Å²) in [5.74, 6) is 3.21. The van der Waals surface area contributed by atoms with Gasteiger partial charge in [-0.05, 0) is 123 Å². The van der Waals surface area contributed by atoms with E-state index in [1.165, 1.54) is 180 Å². The van der Waals surface area contributed by atoms with Crippen LogP contribution in [-0.2, 0) is 0 Å². The third-order valence-electron chi connectivity index (χ3n) is 15.8. The number of aliphatic imine (C=N–C) groups is 2. The summed E-state index contributed by atoms with van der Waals surface area (Å²) >= 11 is 4.81. The van der Waals surface area contributed by atoms with Gasteiger partial charge in [-0.3, -0.25) is 9.98 Å². The van der Waals surface area contributed by atoms with Crippen molar-refractivity contribution in [3.63, 3.8) is 0 Å². The molecule has 7 aromatic rings. The van der Waals surface area contributed by atoms with Crippen molar-refractivity contribution in [2.75, 3.05) is 26.4 Å². The van der Waals surface area contributed by atoms with Gasteiger partial charge in [0.15, 0.2) is 23.0 Å². The predicted octanol–water partition coefficient (Wildman–Crippen LogP) is 23.7. The zero-order valence-corrected chi connectivity index (χ0v) is 55.8. The normalized spacial score (nSPS) is 11.6. The molecule has 0 bridgehead atoms. The molecule has 0 aliphatic rings. The van der Waals surface area contributed by atoms with E-state index in [1.54, 1.807) is 34.0 Å². The SMILES string of the molecule is CCCCCCCCCCOc1ccc(-c2nnc(-c3ccc(N=Cc4ccc(C=Nc5ccc(-c6nnc(-c7ccc(OCCCCCCCCCC)c(OCCCCCCCCCC)c7)s6)cc5)s4)cc3)s2)cc1OCCCCCCCCCC. The van der Waals surface area contributed by atoms with Gasteiger partial charge < -0.3 is 18.9 Å². The quantitative estimate of drug-likeness (QED) is 0.0274. The van der Waals surface area contributed by atoms with Crippen LogP contribution in [0.4, 0.5) is 11.4 Å². The molecule has 0 saturated carbocycles. The van der Waals surface area contributed by atoms with Gasteiger partial charge in [-0.15, -0.1) is 31.7 Å². The molecule has 0 unspecified atom stereocenters. The number of thiophene rings is 1. The van der Waals surface area contributed by atoms with E-state index in [4.69, 9.17) is 28.9 Å². The molecule has 0 spiro atoms. The summed E-state index contributed by atoms with van der Waals surface area (Å²) in [4.78, 5) is 11.7. The van der Waals surface area contributed by atoms with Gasteiger partial charge in [0.2, 0.25) is 0 Å². The van der Waals surface area contributed by atoms with Gasteiger partial charge in [0, 0.05) is 44.4 Å². The lowest BCUT2D eigenvalue weighted by molar-refractivity contribution is 0.258. The maximum Gasteiger partial charge on any atom is 0.161 e. The first-order chi connectivity index (χ1) is 43.0. The second-order valence-electron chi connectivity index (χ2n) is 23.3. The van der Waals surface area contributed by atoms with Gasteiger partial charge in [-0.1, -0.05) is 230 Å². The lowest BCUT2D eigenvalue weighted by Gasteiger charge is -2.14. The topological polar surface area (TPSA) is 113 Å². The molecule has 3 heterocycles. The number of aromatic nitrogens is 4. The summed E-state index contributed by atoms with van der Waals surface area (Å²) in [5, 5.41) is 21.9. The van der Waals surface area contributed by atoms with Crippen LogP contribution in [0.5, 0.6) is 23.0 Å². The largest absolute Gasteiger partial charge is 0.490 e. The minimum Gasteiger partial charge on any atom is -0.490 e. The van der Waals surface area contributed by atoms with Crippen LogP contribution in [0.15, 0.2) is 107 Å². The molecule has 13 heteroatoms. The number of benzene rings is 4. The van der Waals surface area contributed by atoms with Gasteiger partial charge in [0.25, 0.3) is 0 Å². The number of hydrogen-bond acceptors (Lipinski definition) is 13. The van der Waals surface area contributed by atoms with Crippen LogP contribution in [0.25, 0.3) is 42.3 Å². The Morgan fingerprint density at radius 2 is 0.552 bits per heavy atom. The van der Waals surface area contributed by atoms with E-state index in [1.807, 2.05) is 48.8 Å². The Hall–Kier alpha value is -5.76. The first-order valence-electron chi connectivity index (χ1n) is 33.9. The molecule has 0 radical (unpaired) electrons. The zero-order chi connectivity index (χ0) is 60.6. The molecule has 470 valence electrons. The van der Waals surface area contributed by atoms with Crippen molar-refractivity contribution >= 4 is 57.8 Å². The van der Waals surface area contributed by atoms with Crippen LogP contribution < -0.4 is 18.9 Å². The highest BCUT2D eigenvalue weighted by molar-refractivity contribution is 7.18. The highest BCUT2D eigenvalue weighted by atomic mass is 32.1. The van der Waals surface area contributed by atoms with E-state index in [0.717, 1.165) is 112 Å². The average molecular weight is 1240 g/mol. The molecule has 10 nitrogen and oxygen atoms in total. The third kappa shape index (κ3) is 26.1. The van der Waals surface area contributed by atoms with Gasteiger partial charge in [0.1, 0.15) is 20.0 Å². The van der Waals surface area contributed by atoms with Crippen LogP contribution in [0.1, 0.15) is 243 Å². The van der Waals surface area contributed by atoms with E-state index >= 15 is 0 Å². The number of unbranched alkanes of at least 4 members (excludes halogenated alkanes) is 28. The molecule has 0 aliphatic heterocycles. The van der Waals surface area contributed by atoms with Crippen LogP contribution in [0, 0.1) is 0 Å². The molecule has 0 saturated heterocycles. The molecule has 3 aromatic heterocycles. The summed E-state index contributed by atoms with van der Waals surface area (Å²) in [7, 11) is 0. The Balaban J connectivity index is 0.889. The van der Waals surface area contributed by atoms with Crippen LogP contribution >= 0.6 is 34.0 Å². The van der Waals surface area contributed by atoms with Crippen LogP contribution in [0.3, 0.4) is 0 Å². The van der Waals surface area contributed by atoms with Crippen molar-refractivity contribution in [2.45, 2.75) is 233 Å². The summed E-state index contributed by atoms with van der Waals surface area (Å²) in [5.41, 5.74) is 5.71. The zero-order valence-electron chi connectivity index (χ0n) is 53.4. The molecule has 0 aliphatic carbocycles. The standard InChI is InChI=1S/C74H102N6O4S3/c1-5-9-13-17-21-25-29-33-51-81-67-49-41-61(55-69(67)83-53-35-31-27-23-19-15-11-7-3)73-79-77-71(86-73)59-37-43-63(44-38-59)75-57-65-47-48-66(85-65)58-76-64-45-39-60(40-46-64)72-78-80-74(87-72)62-42-50-68(82-52-34-30-26-22-18-14-10-6-2)70(56-62)84-54-36-32-28-24-20-16-12-8-4/h37-50,55-58H,5-36,51-54H2,1-4H3. The minimum atomic E-state index is 0.681. The maximum atomic E-state index is 6.44. The van der Waals surface area contributed by atoms with E-state index in [0.29, 0.717) is 26.4 Å². The lowest BCUT2D eigenvalue weighted by Crippen LogP contribution is -2.03. The number of nitrogens with zero attached hydrogens (tertiary/aromatic N) is 6. The van der Waals surface area contributed by atoms with Crippen molar-refractivity contribution in [3.05, 3.63) is 107 Å². The van der Waals surface area contributed by atoms with E-state index in [9.17, 15) is 0 Å². The van der Waals surface area contributed by atoms with E-state index < -0.39 is 0 Å². The molecule has 87 heavy (non-hydrogen) atoms. The molecule has 0 fully saturated rings. The number of hydrogen-bond donors (Lipinski definition) is 0. The van der Waals surface area contributed by atoms with E-state index in [-0.39, 0.29) is 0 Å². The first kappa shape index (κ1) is 68.7. The highest BCUT2D eigenvalue weighted by Crippen LogP contribution is 2.39. The second kappa shape index (κ2) is 42.2. The smallest absolute Gasteiger partial charge is 0.161 e. The van der Waals surface area contributed by atoms with Gasteiger partial charge in [-0.25, -0.2) is 0 Å². The number of ether oxygens (including phenoxy) is 4. The van der Waals surface area contributed by atoms with Crippen molar-refractivity contribution in [2.24, 2.45) is 9.98 Å². The van der Waals surface area contributed by atoms with Crippen molar-refractivity contribution < 1.29 is 18.9 Å². The van der Waals surface area contributed by atoms with Crippen molar-refractivity contribution in [1.82, 2.24) is 20.4 Å². The van der Waals surface area contributed by atoms with Gasteiger partial charge >= 0.3 is 0 Å². The highest BCUT2D eigenvalue weighted by Gasteiger charge is 2.16. The van der Waals surface area contributed by atoms with Crippen LogP contribution in [0.2, 0.25) is 0 Å². The predicted molar refractivity (Wildman–Crippen MR) is 373 cm³/mol. The molecule has 0 atom stereocenters. The van der Waals surface area contributed by atoms with Crippen molar-refractivity contribution in [1.29, 1.82) is 0 Å². The summed E-state index contributed by atoms with van der Waals surface area (Å²) in [6, 6.07) is 33.0. The Labute approximate surface area is 535 Å². The molecule has 0 N–H and O–H groups in total. The summed E-state index contributed by atoms with van der Waals surface area (Å²) in [6.07, 6.45) is 44.4. The lowest BCUT2D eigenvalue weighted by atomic mass is 10.1. The maximum absolute atomic E-state index is 6.44.